The van der Waals surface area contributed by atoms with Gasteiger partial charge in [-0.3, -0.25) is 4.79 Å². The fourth-order valence-electron chi connectivity index (χ4n) is 1.89. The highest BCUT2D eigenvalue weighted by molar-refractivity contribution is 5.87. The molecule has 0 saturated heterocycles. The number of ether oxygens (including phenoxy) is 3. The normalized spacial score (nSPS) is 12.0. The summed E-state index contributed by atoms with van der Waals surface area (Å²) < 4.78 is 15.2. The van der Waals surface area contributed by atoms with Crippen molar-refractivity contribution in [3.05, 3.63) is 35.9 Å². The van der Waals surface area contributed by atoms with E-state index in [1.165, 1.54) is 7.11 Å². The van der Waals surface area contributed by atoms with Gasteiger partial charge in [-0.25, -0.2) is 9.59 Å². The zero-order valence-corrected chi connectivity index (χ0v) is 15.5. The predicted octanol–water partition coefficient (Wildman–Crippen LogP) is 1.39. The topological polar surface area (TPSA) is 103 Å². The summed E-state index contributed by atoms with van der Waals surface area (Å²) in [6, 6.07) is 8.43. The molecule has 144 valence electrons. The number of alkyl carbamates (subject to hydrolysis) is 1. The number of amides is 2. The molecule has 8 heteroatoms. The van der Waals surface area contributed by atoms with Gasteiger partial charge in [-0.15, -0.1) is 0 Å². The Hall–Kier alpha value is -2.61. The average Bonchev–Trinajstić information content (AvgIpc) is 2.58. The van der Waals surface area contributed by atoms with E-state index >= 15 is 0 Å². The lowest BCUT2D eigenvalue weighted by molar-refractivity contribution is -0.147. The molecule has 8 nitrogen and oxygen atoms in total. The number of benzene rings is 1. The van der Waals surface area contributed by atoms with Gasteiger partial charge in [-0.05, 0) is 26.3 Å². The number of esters is 1. The Balaban J connectivity index is 2.44. The van der Waals surface area contributed by atoms with E-state index in [4.69, 9.17) is 9.47 Å². The van der Waals surface area contributed by atoms with E-state index in [9.17, 15) is 14.4 Å². The molecule has 1 atom stereocenters. The summed E-state index contributed by atoms with van der Waals surface area (Å²) in [5.41, 5.74) is 0.273. The Morgan fingerprint density at radius 3 is 2.35 bits per heavy atom. The first kappa shape index (κ1) is 21.4. The van der Waals surface area contributed by atoms with Crippen LogP contribution in [0.1, 0.15) is 26.3 Å². The first-order chi connectivity index (χ1) is 12.2. The third-order valence-corrected chi connectivity index (χ3v) is 3.01. The summed E-state index contributed by atoms with van der Waals surface area (Å²) in [6.45, 7) is 5.04. The van der Waals surface area contributed by atoms with Crippen molar-refractivity contribution < 1.29 is 28.6 Å². The monoisotopic (exact) mass is 366 g/mol. The molecule has 1 rings (SSSR count). The number of carbonyl (C=O) groups is 3. The van der Waals surface area contributed by atoms with Crippen LogP contribution < -0.4 is 10.6 Å². The zero-order valence-electron chi connectivity index (χ0n) is 15.5. The number of nitrogens with one attached hydrogen (secondary N) is 2. The molecule has 0 spiro atoms. The number of methoxy groups -OCH3 is 1. The Kier molecular flexibility index (Phi) is 8.57. The van der Waals surface area contributed by atoms with E-state index in [0.29, 0.717) is 6.61 Å². The second-order valence-electron chi connectivity index (χ2n) is 6.50. The number of hydrogen-bond acceptors (Lipinski definition) is 6. The summed E-state index contributed by atoms with van der Waals surface area (Å²) >= 11 is 0. The van der Waals surface area contributed by atoms with Gasteiger partial charge in [0.1, 0.15) is 12.1 Å². The van der Waals surface area contributed by atoms with Crippen molar-refractivity contribution in [2.24, 2.45) is 0 Å². The van der Waals surface area contributed by atoms with E-state index < -0.39 is 29.6 Å². The van der Waals surface area contributed by atoms with Gasteiger partial charge in [-0.2, -0.15) is 0 Å². The molecule has 1 aromatic carbocycles. The van der Waals surface area contributed by atoms with Crippen LogP contribution in [0.2, 0.25) is 0 Å². The first-order valence-corrected chi connectivity index (χ1v) is 8.17. The van der Waals surface area contributed by atoms with Crippen molar-refractivity contribution in [2.75, 3.05) is 20.3 Å². The molecular formula is C18H26N2O6. The lowest BCUT2D eigenvalue weighted by Crippen LogP contribution is -2.48. The molecular weight excluding hydrogens is 340 g/mol. The summed E-state index contributed by atoms with van der Waals surface area (Å²) in [6.07, 6.45) is -0.720. The fraction of sp³-hybridized carbons (Fsp3) is 0.500. The Morgan fingerprint density at radius 1 is 1.12 bits per heavy atom. The molecule has 2 N–H and O–H groups in total. The Bertz CT molecular complexity index is 597. The van der Waals surface area contributed by atoms with Crippen LogP contribution in [0.4, 0.5) is 4.79 Å². The van der Waals surface area contributed by atoms with Gasteiger partial charge in [0.05, 0.1) is 20.3 Å². The summed E-state index contributed by atoms with van der Waals surface area (Å²) in [4.78, 5) is 35.3. The molecule has 0 saturated carbocycles. The molecule has 1 aromatic rings. The number of hydrogen-bond donors (Lipinski definition) is 2. The van der Waals surface area contributed by atoms with E-state index in [2.05, 4.69) is 15.4 Å². The third-order valence-electron chi connectivity index (χ3n) is 3.01. The van der Waals surface area contributed by atoms with Crippen LogP contribution in [-0.4, -0.2) is 49.9 Å². The quantitative estimate of drug-likeness (QED) is 0.674. The zero-order chi connectivity index (χ0) is 19.6. The largest absolute Gasteiger partial charge is 0.467 e. The minimum atomic E-state index is -0.975. The van der Waals surface area contributed by atoms with Crippen LogP contribution in [0.3, 0.4) is 0 Å². The van der Waals surface area contributed by atoms with E-state index in [1.54, 1.807) is 20.8 Å². The molecule has 0 unspecified atom stereocenters. The standard InChI is InChI=1S/C18H26N2O6/c1-18(2,3)26-17(23)19-10-15(21)20-14(16(22)24-4)12-25-11-13-8-6-5-7-9-13/h5-9,14H,10-12H2,1-4H3,(H,19,23)(H,20,21)/t14-/m0/s1. The molecule has 0 radical (unpaired) electrons. The van der Waals surface area contributed by atoms with Crippen molar-refractivity contribution >= 4 is 18.0 Å². The highest BCUT2D eigenvalue weighted by Crippen LogP contribution is 2.06. The average molecular weight is 366 g/mol. The predicted molar refractivity (Wildman–Crippen MR) is 94.3 cm³/mol. The first-order valence-electron chi connectivity index (χ1n) is 8.17. The summed E-state index contributed by atoms with van der Waals surface area (Å²) in [5, 5.41) is 4.78. The molecule has 0 bridgehead atoms. The van der Waals surface area contributed by atoms with Crippen molar-refractivity contribution in [1.82, 2.24) is 10.6 Å². The maximum absolute atomic E-state index is 11.9. The SMILES string of the molecule is COC(=O)[C@H](COCc1ccccc1)NC(=O)CNC(=O)OC(C)(C)C. The van der Waals surface area contributed by atoms with Crippen molar-refractivity contribution in [2.45, 2.75) is 39.0 Å². The highest BCUT2D eigenvalue weighted by atomic mass is 16.6. The van der Waals surface area contributed by atoms with E-state index in [0.717, 1.165) is 5.56 Å². The van der Waals surface area contributed by atoms with Crippen molar-refractivity contribution in [3.63, 3.8) is 0 Å². The molecule has 26 heavy (non-hydrogen) atoms. The van der Waals surface area contributed by atoms with Crippen LogP contribution in [-0.2, 0) is 30.4 Å². The molecule has 0 aromatic heterocycles. The van der Waals surface area contributed by atoms with Crippen LogP contribution in [0, 0.1) is 0 Å². The van der Waals surface area contributed by atoms with Crippen LogP contribution >= 0.6 is 0 Å². The minimum Gasteiger partial charge on any atom is -0.467 e. The van der Waals surface area contributed by atoms with Gasteiger partial charge in [0.25, 0.3) is 0 Å². The summed E-state index contributed by atoms with van der Waals surface area (Å²) in [7, 11) is 1.22. The second-order valence-corrected chi connectivity index (χ2v) is 6.50. The second kappa shape index (κ2) is 10.4. The van der Waals surface area contributed by atoms with Gasteiger partial charge < -0.3 is 24.8 Å². The van der Waals surface area contributed by atoms with Crippen molar-refractivity contribution in [3.8, 4) is 0 Å². The van der Waals surface area contributed by atoms with Gasteiger partial charge in [0, 0.05) is 0 Å². The number of carbonyl (C=O) groups excluding carboxylic acids is 3. The van der Waals surface area contributed by atoms with E-state index in [-0.39, 0.29) is 13.2 Å². The molecule has 0 aliphatic heterocycles. The lowest BCUT2D eigenvalue weighted by atomic mass is 10.2. The lowest BCUT2D eigenvalue weighted by Gasteiger charge is -2.20. The number of rotatable bonds is 8. The van der Waals surface area contributed by atoms with Crippen LogP contribution in [0.15, 0.2) is 30.3 Å². The third kappa shape index (κ3) is 9.03. The van der Waals surface area contributed by atoms with Crippen LogP contribution in [0.25, 0.3) is 0 Å². The minimum absolute atomic E-state index is 0.0558. The molecule has 2 amide bonds. The molecule has 0 aliphatic rings. The molecule has 0 aliphatic carbocycles. The van der Waals surface area contributed by atoms with Gasteiger partial charge in [0.2, 0.25) is 5.91 Å². The molecule has 0 heterocycles. The highest BCUT2D eigenvalue weighted by Gasteiger charge is 2.23. The summed E-state index contributed by atoms with van der Waals surface area (Å²) in [5.74, 6) is -1.20. The molecule has 0 fully saturated rings. The van der Waals surface area contributed by atoms with Gasteiger partial charge in [0.15, 0.2) is 6.04 Å². The van der Waals surface area contributed by atoms with Crippen molar-refractivity contribution in [1.29, 1.82) is 0 Å². The smallest absolute Gasteiger partial charge is 0.408 e. The maximum Gasteiger partial charge on any atom is 0.408 e. The van der Waals surface area contributed by atoms with Gasteiger partial charge >= 0.3 is 12.1 Å². The Morgan fingerprint density at radius 2 is 1.77 bits per heavy atom. The Labute approximate surface area is 153 Å². The van der Waals surface area contributed by atoms with Crippen LogP contribution in [0.5, 0.6) is 0 Å². The maximum atomic E-state index is 11.9. The van der Waals surface area contributed by atoms with E-state index in [1.807, 2.05) is 30.3 Å². The fourth-order valence-corrected chi connectivity index (χ4v) is 1.89. The van der Waals surface area contributed by atoms with Gasteiger partial charge in [-0.1, -0.05) is 30.3 Å².